The molecule has 1 aromatic rings. The van der Waals surface area contributed by atoms with Crippen molar-refractivity contribution in [2.45, 2.75) is 19.8 Å². The van der Waals surface area contributed by atoms with E-state index in [4.69, 9.17) is 9.52 Å². The van der Waals surface area contributed by atoms with Crippen LogP contribution in [0.1, 0.15) is 30.3 Å². The molecular weight excluding hydrogens is 182 g/mol. The first-order valence-electron chi connectivity index (χ1n) is 4.66. The van der Waals surface area contributed by atoms with E-state index in [-0.39, 0.29) is 5.76 Å². The van der Waals surface area contributed by atoms with Crippen LogP contribution in [-0.2, 0) is 0 Å². The van der Waals surface area contributed by atoms with Gasteiger partial charge in [0.2, 0.25) is 5.76 Å². The summed E-state index contributed by atoms with van der Waals surface area (Å²) in [5, 5.41) is 11.7. The lowest BCUT2D eigenvalue weighted by Crippen LogP contribution is -2.10. The van der Waals surface area contributed by atoms with E-state index in [1.165, 1.54) is 18.9 Å². The lowest BCUT2D eigenvalue weighted by molar-refractivity contribution is 0.0663. The summed E-state index contributed by atoms with van der Waals surface area (Å²) in [4.78, 5) is 10.5. The molecule has 0 bridgehead atoms. The summed E-state index contributed by atoms with van der Waals surface area (Å²) < 4.78 is 5.06. The largest absolute Gasteiger partial charge is 0.475 e. The van der Waals surface area contributed by atoms with E-state index in [9.17, 15) is 4.79 Å². The Hall–Kier alpha value is -1.45. The van der Waals surface area contributed by atoms with Crippen molar-refractivity contribution in [3.8, 4) is 0 Å². The summed E-state index contributed by atoms with van der Waals surface area (Å²) in [6.45, 7) is 3.04. The van der Waals surface area contributed by atoms with E-state index in [1.807, 2.05) is 0 Å². The maximum absolute atomic E-state index is 10.5. The Morgan fingerprint density at radius 1 is 1.64 bits per heavy atom. The van der Waals surface area contributed by atoms with Gasteiger partial charge in [-0.2, -0.15) is 0 Å². The fourth-order valence-electron chi connectivity index (χ4n) is 1.24. The zero-order valence-electron chi connectivity index (χ0n) is 8.04. The number of hydrogen-bond acceptors (Lipinski definition) is 3. The van der Waals surface area contributed by atoms with Gasteiger partial charge in [0.05, 0.1) is 0 Å². The van der Waals surface area contributed by atoms with Crippen LogP contribution in [-0.4, -0.2) is 17.6 Å². The maximum Gasteiger partial charge on any atom is 0.371 e. The minimum atomic E-state index is -1.03. The van der Waals surface area contributed by atoms with Gasteiger partial charge in [0.25, 0.3) is 0 Å². The highest BCUT2D eigenvalue weighted by molar-refractivity contribution is 5.84. The second-order valence-corrected chi connectivity index (χ2v) is 4.13. The van der Waals surface area contributed by atoms with Crippen LogP contribution in [0.4, 0.5) is 5.88 Å². The van der Waals surface area contributed by atoms with E-state index in [2.05, 4.69) is 12.2 Å². The summed E-state index contributed by atoms with van der Waals surface area (Å²) in [7, 11) is 0. The van der Waals surface area contributed by atoms with Crippen LogP contribution >= 0.6 is 0 Å². The molecule has 14 heavy (non-hydrogen) atoms. The molecule has 0 aliphatic heterocycles. The Morgan fingerprint density at radius 3 is 2.86 bits per heavy atom. The Kier molecular flexibility index (Phi) is 1.98. The molecular formula is C10H13NO3. The van der Waals surface area contributed by atoms with Crippen LogP contribution in [0.3, 0.4) is 0 Å². The van der Waals surface area contributed by atoms with E-state index >= 15 is 0 Å². The van der Waals surface area contributed by atoms with Gasteiger partial charge < -0.3 is 14.8 Å². The molecule has 0 aromatic carbocycles. The second-order valence-electron chi connectivity index (χ2n) is 4.13. The number of carboxylic acid groups (broad SMARTS) is 1. The zero-order chi connectivity index (χ0) is 10.2. The molecule has 1 aromatic heterocycles. The lowest BCUT2D eigenvalue weighted by Gasteiger charge is -2.07. The van der Waals surface area contributed by atoms with Crippen LogP contribution < -0.4 is 5.32 Å². The second kappa shape index (κ2) is 3.04. The Morgan fingerprint density at radius 2 is 2.36 bits per heavy atom. The number of anilines is 1. The molecule has 1 heterocycles. The van der Waals surface area contributed by atoms with Crippen molar-refractivity contribution < 1.29 is 14.3 Å². The molecule has 76 valence electrons. The molecule has 0 saturated heterocycles. The van der Waals surface area contributed by atoms with Crippen molar-refractivity contribution >= 4 is 11.9 Å². The maximum atomic E-state index is 10.5. The lowest BCUT2D eigenvalue weighted by atomic mass is 10.1. The predicted octanol–water partition coefficient (Wildman–Crippen LogP) is 2.19. The first-order valence-corrected chi connectivity index (χ1v) is 4.66. The Bertz CT molecular complexity index is 352. The number of furan rings is 1. The molecule has 2 N–H and O–H groups in total. The highest BCUT2D eigenvalue weighted by Crippen LogP contribution is 2.44. The number of carboxylic acids is 1. The van der Waals surface area contributed by atoms with Crippen LogP contribution in [0.5, 0.6) is 0 Å². The fourth-order valence-corrected chi connectivity index (χ4v) is 1.24. The first kappa shape index (κ1) is 9.12. The van der Waals surface area contributed by atoms with Gasteiger partial charge in [-0.15, -0.1) is 0 Å². The average molecular weight is 195 g/mol. The van der Waals surface area contributed by atoms with Crippen molar-refractivity contribution in [3.05, 3.63) is 17.9 Å². The third-order valence-corrected chi connectivity index (χ3v) is 2.61. The van der Waals surface area contributed by atoms with Crippen molar-refractivity contribution in [3.63, 3.8) is 0 Å². The van der Waals surface area contributed by atoms with Crippen molar-refractivity contribution in [1.82, 2.24) is 0 Å². The van der Waals surface area contributed by atoms with Crippen molar-refractivity contribution in [2.24, 2.45) is 5.41 Å². The van der Waals surface area contributed by atoms with Gasteiger partial charge in [-0.05, 0) is 24.3 Å². The Labute approximate surface area is 81.9 Å². The summed E-state index contributed by atoms with van der Waals surface area (Å²) >= 11 is 0. The molecule has 0 spiro atoms. The van der Waals surface area contributed by atoms with Crippen molar-refractivity contribution in [2.75, 3.05) is 11.9 Å². The Balaban J connectivity index is 1.93. The molecule has 1 saturated carbocycles. The van der Waals surface area contributed by atoms with E-state index in [0.29, 0.717) is 11.3 Å². The standard InChI is InChI=1S/C10H13NO3/c1-10(4-5-10)6-11-8-3-2-7(14-8)9(12)13/h2-3,11H,4-6H2,1H3,(H,12,13). The highest BCUT2D eigenvalue weighted by atomic mass is 16.4. The molecule has 0 unspecified atom stereocenters. The van der Waals surface area contributed by atoms with E-state index in [0.717, 1.165) is 6.54 Å². The van der Waals surface area contributed by atoms with E-state index in [1.54, 1.807) is 6.07 Å². The van der Waals surface area contributed by atoms with Crippen molar-refractivity contribution in [1.29, 1.82) is 0 Å². The molecule has 1 aliphatic carbocycles. The topological polar surface area (TPSA) is 62.5 Å². The minimum absolute atomic E-state index is 0.0200. The molecule has 4 nitrogen and oxygen atoms in total. The molecule has 0 atom stereocenters. The zero-order valence-corrected chi connectivity index (χ0v) is 8.04. The van der Waals surface area contributed by atoms with Gasteiger partial charge in [0, 0.05) is 12.6 Å². The normalized spacial score (nSPS) is 17.8. The predicted molar refractivity (Wildman–Crippen MR) is 51.5 cm³/mol. The summed E-state index contributed by atoms with van der Waals surface area (Å²) in [6, 6.07) is 3.11. The molecule has 1 aliphatic rings. The molecule has 2 rings (SSSR count). The number of carbonyl (C=O) groups is 1. The number of hydrogen-bond donors (Lipinski definition) is 2. The van der Waals surface area contributed by atoms with Gasteiger partial charge in [-0.25, -0.2) is 4.79 Å². The molecule has 1 fully saturated rings. The molecule has 0 amide bonds. The van der Waals surface area contributed by atoms with Crippen LogP contribution in [0.2, 0.25) is 0 Å². The van der Waals surface area contributed by atoms with Gasteiger partial charge in [0.15, 0.2) is 5.88 Å². The summed E-state index contributed by atoms with van der Waals surface area (Å²) in [5.74, 6) is -0.514. The van der Waals surface area contributed by atoms with Gasteiger partial charge in [-0.3, -0.25) is 0 Å². The monoisotopic (exact) mass is 195 g/mol. The molecule has 0 radical (unpaired) electrons. The third-order valence-electron chi connectivity index (χ3n) is 2.61. The molecule has 4 heteroatoms. The number of rotatable bonds is 4. The van der Waals surface area contributed by atoms with Gasteiger partial charge in [-0.1, -0.05) is 6.92 Å². The highest BCUT2D eigenvalue weighted by Gasteiger charge is 2.36. The third kappa shape index (κ3) is 1.89. The van der Waals surface area contributed by atoms with E-state index < -0.39 is 5.97 Å². The van der Waals surface area contributed by atoms with Crippen LogP contribution in [0, 0.1) is 5.41 Å². The average Bonchev–Trinajstić information content (AvgIpc) is 2.68. The minimum Gasteiger partial charge on any atom is -0.475 e. The first-order chi connectivity index (χ1) is 6.59. The van der Waals surface area contributed by atoms with Crippen LogP contribution in [0.15, 0.2) is 16.5 Å². The SMILES string of the molecule is CC1(CNc2ccc(C(=O)O)o2)CC1. The number of aromatic carboxylic acids is 1. The van der Waals surface area contributed by atoms with Crippen LogP contribution in [0.25, 0.3) is 0 Å². The fraction of sp³-hybridized carbons (Fsp3) is 0.500. The quantitative estimate of drug-likeness (QED) is 0.773. The summed E-state index contributed by atoms with van der Waals surface area (Å²) in [6.07, 6.45) is 2.46. The smallest absolute Gasteiger partial charge is 0.371 e. The summed E-state index contributed by atoms with van der Waals surface area (Å²) in [5.41, 5.74) is 0.385. The number of nitrogens with one attached hydrogen (secondary N) is 1. The van der Waals surface area contributed by atoms with Gasteiger partial charge >= 0.3 is 5.97 Å². The van der Waals surface area contributed by atoms with Gasteiger partial charge in [0.1, 0.15) is 0 Å².